The Morgan fingerprint density at radius 2 is 1.82 bits per heavy atom. The first kappa shape index (κ1) is 13.8. The Hall–Kier alpha value is -1.23. The minimum absolute atomic E-state index is 0.178. The van der Waals surface area contributed by atoms with Crippen molar-refractivity contribution in [3.05, 3.63) is 29.8 Å². The highest BCUT2D eigenvalue weighted by molar-refractivity contribution is 5.27. The summed E-state index contributed by atoms with van der Waals surface area (Å²) in [5.74, 6) is 0.261. The van der Waals surface area contributed by atoms with Crippen LogP contribution >= 0.6 is 0 Å². The summed E-state index contributed by atoms with van der Waals surface area (Å²) in [5, 5.41) is 3.06. The molecule has 1 aromatic carbocycles. The van der Waals surface area contributed by atoms with E-state index in [9.17, 15) is 13.2 Å². The van der Waals surface area contributed by atoms with Crippen LogP contribution in [0.2, 0.25) is 0 Å². The molecule has 5 heteroatoms. The van der Waals surface area contributed by atoms with Crippen molar-refractivity contribution in [2.45, 2.75) is 19.7 Å². The lowest BCUT2D eigenvalue weighted by molar-refractivity contribution is -0.274. The highest BCUT2D eigenvalue weighted by Crippen LogP contribution is 2.23. The molecular weight excluding hydrogens is 231 g/mol. The van der Waals surface area contributed by atoms with Crippen LogP contribution in [0.4, 0.5) is 13.2 Å². The van der Waals surface area contributed by atoms with Gasteiger partial charge in [-0.05, 0) is 43.6 Å². The largest absolute Gasteiger partial charge is 0.573 e. The maximum absolute atomic E-state index is 11.9. The van der Waals surface area contributed by atoms with Gasteiger partial charge in [-0.3, -0.25) is 0 Å². The fraction of sp³-hybridized carbons (Fsp3) is 0.500. The van der Waals surface area contributed by atoms with Crippen molar-refractivity contribution in [2.75, 3.05) is 13.6 Å². The second-order valence-electron chi connectivity index (χ2n) is 4.06. The molecule has 0 aliphatic carbocycles. The minimum atomic E-state index is -4.62. The molecule has 0 saturated heterocycles. The monoisotopic (exact) mass is 247 g/mol. The highest BCUT2D eigenvalue weighted by Gasteiger charge is 2.30. The van der Waals surface area contributed by atoms with Crippen molar-refractivity contribution in [3.8, 4) is 5.75 Å². The van der Waals surface area contributed by atoms with Gasteiger partial charge in [-0.25, -0.2) is 0 Å². The predicted octanol–water partition coefficient (Wildman–Crippen LogP) is 2.98. The molecule has 0 aromatic heterocycles. The third-order valence-electron chi connectivity index (χ3n) is 2.29. The Kier molecular flexibility index (Phi) is 4.81. The Balaban J connectivity index is 2.56. The minimum Gasteiger partial charge on any atom is -0.406 e. The molecule has 96 valence electrons. The molecule has 2 nitrogen and oxygen atoms in total. The van der Waals surface area contributed by atoms with Gasteiger partial charge >= 0.3 is 6.36 Å². The van der Waals surface area contributed by atoms with Crippen LogP contribution in [0, 0.1) is 5.92 Å². The molecule has 1 unspecified atom stereocenters. The molecule has 0 aliphatic rings. The summed E-state index contributed by atoms with van der Waals surface area (Å²) in [7, 11) is 1.87. The lowest BCUT2D eigenvalue weighted by atomic mass is 10.0. The van der Waals surface area contributed by atoms with Crippen LogP contribution in [0.5, 0.6) is 5.75 Å². The third-order valence-corrected chi connectivity index (χ3v) is 2.29. The maximum atomic E-state index is 11.9. The molecule has 0 amide bonds. The fourth-order valence-electron chi connectivity index (χ4n) is 1.65. The van der Waals surface area contributed by atoms with E-state index in [0.29, 0.717) is 5.92 Å². The number of nitrogens with one attached hydrogen (secondary N) is 1. The molecule has 0 saturated carbocycles. The molecule has 1 aromatic rings. The first-order valence-electron chi connectivity index (χ1n) is 5.40. The first-order valence-corrected chi connectivity index (χ1v) is 5.40. The lowest BCUT2D eigenvalue weighted by Gasteiger charge is -2.12. The van der Waals surface area contributed by atoms with E-state index in [1.165, 1.54) is 12.1 Å². The van der Waals surface area contributed by atoms with E-state index in [-0.39, 0.29) is 5.75 Å². The summed E-state index contributed by atoms with van der Waals surface area (Å²) >= 11 is 0. The van der Waals surface area contributed by atoms with E-state index in [4.69, 9.17) is 0 Å². The van der Waals surface area contributed by atoms with Crippen molar-refractivity contribution in [2.24, 2.45) is 5.92 Å². The van der Waals surface area contributed by atoms with Gasteiger partial charge in [-0.15, -0.1) is 13.2 Å². The van der Waals surface area contributed by atoms with Crippen LogP contribution in [0.1, 0.15) is 12.5 Å². The summed E-state index contributed by atoms with van der Waals surface area (Å²) in [4.78, 5) is 0. The third kappa shape index (κ3) is 5.58. The van der Waals surface area contributed by atoms with Gasteiger partial charge in [0.25, 0.3) is 0 Å². The first-order chi connectivity index (χ1) is 7.90. The van der Waals surface area contributed by atoms with Crippen molar-refractivity contribution in [3.63, 3.8) is 0 Å². The number of ether oxygens (including phenoxy) is 1. The highest BCUT2D eigenvalue weighted by atomic mass is 19.4. The van der Waals surface area contributed by atoms with Crippen LogP contribution in [-0.2, 0) is 6.42 Å². The molecule has 1 rings (SSSR count). The van der Waals surface area contributed by atoms with Gasteiger partial charge in [0, 0.05) is 0 Å². The van der Waals surface area contributed by atoms with Crippen molar-refractivity contribution in [1.82, 2.24) is 5.32 Å². The second-order valence-corrected chi connectivity index (χ2v) is 4.06. The molecule has 1 N–H and O–H groups in total. The smallest absolute Gasteiger partial charge is 0.406 e. The molecule has 17 heavy (non-hydrogen) atoms. The van der Waals surface area contributed by atoms with Gasteiger partial charge in [0.05, 0.1) is 0 Å². The van der Waals surface area contributed by atoms with Crippen LogP contribution in [0.15, 0.2) is 24.3 Å². The SMILES string of the molecule is CNCC(C)Cc1ccc(OC(F)(F)F)cc1. The molecular formula is C12H16F3NO. The quantitative estimate of drug-likeness (QED) is 0.863. The standard InChI is InChI=1S/C12H16F3NO/c1-9(8-16-2)7-10-3-5-11(6-4-10)17-12(13,14)15/h3-6,9,16H,7-8H2,1-2H3. The van der Waals surface area contributed by atoms with Gasteiger partial charge in [-0.2, -0.15) is 0 Å². The number of benzene rings is 1. The molecule has 1 atom stereocenters. The summed E-state index contributed by atoms with van der Waals surface area (Å²) in [6, 6.07) is 6.00. The average Bonchev–Trinajstić information content (AvgIpc) is 2.19. The van der Waals surface area contributed by atoms with E-state index in [1.807, 2.05) is 7.05 Å². The molecule has 0 aliphatic heterocycles. The second kappa shape index (κ2) is 5.91. The van der Waals surface area contributed by atoms with Crippen molar-refractivity contribution < 1.29 is 17.9 Å². The van der Waals surface area contributed by atoms with Crippen LogP contribution in [-0.4, -0.2) is 20.0 Å². The number of rotatable bonds is 5. The Labute approximate surface area is 98.8 Å². The van der Waals surface area contributed by atoms with Crippen LogP contribution in [0.3, 0.4) is 0 Å². The zero-order valence-corrected chi connectivity index (χ0v) is 9.84. The van der Waals surface area contributed by atoms with Gasteiger partial charge in [-0.1, -0.05) is 19.1 Å². The van der Waals surface area contributed by atoms with Gasteiger partial charge in [0.1, 0.15) is 5.75 Å². The summed E-state index contributed by atoms with van der Waals surface area (Å²) in [6.45, 7) is 2.96. The molecule has 0 fully saturated rings. The van der Waals surface area contributed by atoms with E-state index in [0.717, 1.165) is 18.5 Å². The predicted molar refractivity (Wildman–Crippen MR) is 59.9 cm³/mol. The molecule has 0 radical (unpaired) electrons. The zero-order valence-electron chi connectivity index (χ0n) is 9.84. The van der Waals surface area contributed by atoms with E-state index in [2.05, 4.69) is 17.0 Å². The Morgan fingerprint density at radius 3 is 2.29 bits per heavy atom. The molecule has 0 heterocycles. The maximum Gasteiger partial charge on any atom is 0.573 e. The van der Waals surface area contributed by atoms with Gasteiger partial charge < -0.3 is 10.1 Å². The summed E-state index contributed by atoms with van der Waals surface area (Å²) in [5.41, 5.74) is 1.00. The molecule has 0 spiro atoms. The normalized spacial score (nSPS) is 13.5. The summed E-state index contributed by atoms with van der Waals surface area (Å²) in [6.07, 6.45) is -3.80. The lowest BCUT2D eigenvalue weighted by Crippen LogP contribution is -2.18. The Morgan fingerprint density at radius 1 is 1.24 bits per heavy atom. The fourth-order valence-corrected chi connectivity index (χ4v) is 1.65. The number of alkyl halides is 3. The summed E-state index contributed by atoms with van der Waals surface area (Å²) < 4.78 is 39.6. The van der Waals surface area contributed by atoms with Crippen LogP contribution < -0.4 is 10.1 Å². The van der Waals surface area contributed by atoms with E-state index < -0.39 is 6.36 Å². The van der Waals surface area contributed by atoms with E-state index in [1.54, 1.807) is 12.1 Å². The van der Waals surface area contributed by atoms with E-state index >= 15 is 0 Å². The topological polar surface area (TPSA) is 21.3 Å². The van der Waals surface area contributed by atoms with Crippen LogP contribution in [0.25, 0.3) is 0 Å². The number of hydrogen-bond acceptors (Lipinski definition) is 2. The van der Waals surface area contributed by atoms with Crippen molar-refractivity contribution in [1.29, 1.82) is 0 Å². The number of hydrogen-bond donors (Lipinski definition) is 1. The Bertz CT molecular complexity index is 335. The van der Waals surface area contributed by atoms with Gasteiger partial charge in [0.2, 0.25) is 0 Å². The van der Waals surface area contributed by atoms with Gasteiger partial charge in [0.15, 0.2) is 0 Å². The van der Waals surface area contributed by atoms with Crippen molar-refractivity contribution >= 4 is 0 Å². The zero-order chi connectivity index (χ0) is 12.9. The molecule has 0 bridgehead atoms. The average molecular weight is 247 g/mol. The number of halogens is 3.